The third-order valence-electron chi connectivity index (χ3n) is 3.61. The minimum Gasteiger partial charge on any atom is -0.477 e. The molecule has 2 aromatic heterocycles. The van der Waals surface area contributed by atoms with Crippen LogP contribution in [-0.2, 0) is 13.1 Å². The van der Waals surface area contributed by atoms with Gasteiger partial charge in [0.15, 0.2) is 0 Å². The van der Waals surface area contributed by atoms with Gasteiger partial charge in [0.05, 0.1) is 18.6 Å². The van der Waals surface area contributed by atoms with Crippen LogP contribution in [0.4, 0.5) is 0 Å². The van der Waals surface area contributed by atoms with Gasteiger partial charge in [0.2, 0.25) is 0 Å². The van der Waals surface area contributed by atoms with Crippen LogP contribution in [0.2, 0.25) is 0 Å². The molecule has 0 amide bonds. The predicted octanol–water partition coefficient (Wildman–Crippen LogP) is 2.99. The average molecular weight is 283 g/mol. The normalized spacial score (nSPS) is 11.1. The molecule has 1 aromatic carbocycles. The summed E-state index contributed by atoms with van der Waals surface area (Å²) in [5.74, 6) is -0.909. The number of aromatic nitrogens is 3. The SMILES string of the molecule is CCCn1cncc1Cn1c(C(=O)O)cc2ccccc21. The summed E-state index contributed by atoms with van der Waals surface area (Å²) in [6.07, 6.45) is 4.61. The molecule has 1 N–H and O–H groups in total. The molecule has 0 saturated heterocycles. The van der Waals surface area contributed by atoms with Crippen LogP contribution in [0.3, 0.4) is 0 Å². The summed E-state index contributed by atoms with van der Waals surface area (Å²) in [5, 5.41) is 10.4. The average Bonchev–Trinajstić information content (AvgIpc) is 3.05. The number of carboxylic acids is 1. The van der Waals surface area contributed by atoms with E-state index in [4.69, 9.17) is 0 Å². The van der Waals surface area contributed by atoms with Crippen molar-refractivity contribution in [3.8, 4) is 0 Å². The lowest BCUT2D eigenvalue weighted by atomic mass is 10.2. The first-order valence-corrected chi connectivity index (χ1v) is 7.01. The lowest BCUT2D eigenvalue weighted by Crippen LogP contribution is -2.12. The van der Waals surface area contributed by atoms with Crippen LogP contribution in [0.25, 0.3) is 10.9 Å². The van der Waals surface area contributed by atoms with Crippen molar-refractivity contribution in [1.29, 1.82) is 0 Å². The first-order valence-electron chi connectivity index (χ1n) is 7.01. The molecule has 0 unspecified atom stereocenters. The van der Waals surface area contributed by atoms with Gasteiger partial charge in [0, 0.05) is 23.6 Å². The molecule has 2 heterocycles. The molecule has 0 bridgehead atoms. The zero-order valence-corrected chi connectivity index (χ0v) is 11.9. The highest BCUT2D eigenvalue weighted by molar-refractivity contribution is 5.94. The highest BCUT2D eigenvalue weighted by atomic mass is 16.4. The number of nitrogens with zero attached hydrogens (tertiary/aromatic N) is 3. The maximum atomic E-state index is 11.5. The number of benzene rings is 1. The molecular weight excluding hydrogens is 266 g/mol. The molecule has 3 rings (SSSR count). The molecular formula is C16H17N3O2. The number of imidazole rings is 1. The minimum atomic E-state index is -0.909. The first kappa shape index (κ1) is 13.4. The van der Waals surface area contributed by atoms with Gasteiger partial charge in [-0.1, -0.05) is 25.1 Å². The largest absolute Gasteiger partial charge is 0.477 e. The molecule has 0 radical (unpaired) electrons. The van der Waals surface area contributed by atoms with Gasteiger partial charge in [0.1, 0.15) is 5.69 Å². The molecule has 5 nitrogen and oxygen atoms in total. The van der Waals surface area contributed by atoms with Gasteiger partial charge in [-0.15, -0.1) is 0 Å². The molecule has 0 aliphatic carbocycles. The van der Waals surface area contributed by atoms with Crippen LogP contribution >= 0.6 is 0 Å². The van der Waals surface area contributed by atoms with Crippen LogP contribution < -0.4 is 0 Å². The van der Waals surface area contributed by atoms with E-state index in [0.29, 0.717) is 12.2 Å². The lowest BCUT2D eigenvalue weighted by molar-refractivity contribution is 0.0686. The number of hydrogen-bond donors (Lipinski definition) is 1. The van der Waals surface area contributed by atoms with Gasteiger partial charge in [0.25, 0.3) is 0 Å². The molecule has 3 aromatic rings. The molecule has 5 heteroatoms. The Morgan fingerprint density at radius 3 is 2.90 bits per heavy atom. The van der Waals surface area contributed by atoms with Crippen LogP contribution in [0.1, 0.15) is 29.5 Å². The molecule has 108 valence electrons. The molecule has 0 saturated carbocycles. The van der Waals surface area contributed by atoms with E-state index >= 15 is 0 Å². The van der Waals surface area contributed by atoms with Gasteiger partial charge in [-0.2, -0.15) is 0 Å². The van der Waals surface area contributed by atoms with Crippen molar-refractivity contribution in [1.82, 2.24) is 14.1 Å². The Kier molecular flexibility index (Phi) is 3.48. The van der Waals surface area contributed by atoms with Crippen molar-refractivity contribution in [2.24, 2.45) is 0 Å². The molecule has 0 atom stereocenters. The summed E-state index contributed by atoms with van der Waals surface area (Å²) in [4.78, 5) is 15.7. The second kappa shape index (κ2) is 5.44. The van der Waals surface area contributed by atoms with Crippen molar-refractivity contribution in [2.75, 3.05) is 0 Å². The Morgan fingerprint density at radius 1 is 1.33 bits per heavy atom. The highest BCUT2D eigenvalue weighted by Gasteiger charge is 2.15. The van der Waals surface area contributed by atoms with E-state index in [2.05, 4.69) is 16.5 Å². The summed E-state index contributed by atoms with van der Waals surface area (Å²) in [7, 11) is 0. The van der Waals surface area contributed by atoms with Gasteiger partial charge in [-0.3, -0.25) is 0 Å². The minimum absolute atomic E-state index is 0.306. The third-order valence-corrected chi connectivity index (χ3v) is 3.61. The number of aromatic carboxylic acids is 1. The van der Waals surface area contributed by atoms with Crippen molar-refractivity contribution in [2.45, 2.75) is 26.4 Å². The van der Waals surface area contributed by atoms with Gasteiger partial charge < -0.3 is 14.2 Å². The number of carbonyl (C=O) groups is 1. The summed E-state index contributed by atoms with van der Waals surface area (Å²) in [6.45, 7) is 3.50. The van der Waals surface area contributed by atoms with Gasteiger partial charge >= 0.3 is 5.97 Å². The second-order valence-corrected chi connectivity index (χ2v) is 5.06. The smallest absolute Gasteiger partial charge is 0.352 e. The van der Waals surface area contributed by atoms with Gasteiger partial charge in [-0.05, 0) is 18.6 Å². The maximum absolute atomic E-state index is 11.5. The second-order valence-electron chi connectivity index (χ2n) is 5.06. The molecule has 21 heavy (non-hydrogen) atoms. The molecule has 0 aliphatic heterocycles. The quantitative estimate of drug-likeness (QED) is 0.783. The third kappa shape index (κ3) is 2.42. The zero-order valence-electron chi connectivity index (χ0n) is 11.9. The van der Waals surface area contributed by atoms with Crippen molar-refractivity contribution in [3.63, 3.8) is 0 Å². The number of hydrogen-bond acceptors (Lipinski definition) is 2. The van der Waals surface area contributed by atoms with E-state index in [1.54, 1.807) is 18.6 Å². The zero-order chi connectivity index (χ0) is 14.8. The Hall–Kier alpha value is -2.56. The Morgan fingerprint density at radius 2 is 2.14 bits per heavy atom. The van der Waals surface area contributed by atoms with Crippen LogP contribution in [0, 0.1) is 0 Å². The van der Waals surface area contributed by atoms with E-state index in [-0.39, 0.29) is 0 Å². The van der Waals surface area contributed by atoms with Crippen LogP contribution in [-0.4, -0.2) is 25.2 Å². The summed E-state index contributed by atoms with van der Waals surface area (Å²) >= 11 is 0. The number of carboxylic acid groups (broad SMARTS) is 1. The number of aryl methyl sites for hydroxylation is 1. The summed E-state index contributed by atoms with van der Waals surface area (Å²) < 4.78 is 3.90. The topological polar surface area (TPSA) is 60.0 Å². The van der Waals surface area contributed by atoms with Crippen LogP contribution in [0.5, 0.6) is 0 Å². The Labute approximate surface area is 122 Å². The lowest BCUT2D eigenvalue weighted by Gasteiger charge is -2.11. The van der Waals surface area contributed by atoms with E-state index < -0.39 is 5.97 Å². The Bertz CT molecular complexity index is 786. The molecule has 0 spiro atoms. The predicted molar refractivity (Wildman–Crippen MR) is 80.5 cm³/mol. The molecule has 0 aliphatic rings. The van der Waals surface area contributed by atoms with Crippen molar-refractivity contribution in [3.05, 3.63) is 54.2 Å². The maximum Gasteiger partial charge on any atom is 0.352 e. The highest BCUT2D eigenvalue weighted by Crippen LogP contribution is 2.21. The first-order chi connectivity index (χ1) is 10.2. The summed E-state index contributed by atoms with van der Waals surface area (Å²) in [6, 6.07) is 9.44. The number of fused-ring (bicyclic) bond motifs is 1. The van der Waals surface area contributed by atoms with Crippen molar-refractivity contribution >= 4 is 16.9 Å². The van der Waals surface area contributed by atoms with E-state index in [1.165, 1.54) is 0 Å². The van der Waals surface area contributed by atoms with Crippen molar-refractivity contribution < 1.29 is 9.90 Å². The fourth-order valence-corrected chi connectivity index (χ4v) is 2.64. The van der Waals surface area contributed by atoms with Gasteiger partial charge in [-0.25, -0.2) is 9.78 Å². The number of para-hydroxylation sites is 1. The Balaban J connectivity index is 2.08. The van der Waals surface area contributed by atoms with Crippen LogP contribution in [0.15, 0.2) is 42.9 Å². The molecule has 0 fully saturated rings. The fourth-order valence-electron chi connectivity index (χ4n) is 2.64. The monoisotopic (exact) mass is 283 g/mol. The van der Waals surface area contributed by atoms with E-state index in [0.717, 1.165) is 29.6 Å². The number of rotatable bonds is 5. The van der Waals surface area contributed by atoms with E-state index in [9.17, 15) is 9.90 Å². The summed E-state index contributed by atoms with van der Waals surface area (Å²) in [5.41, 5.74) is 2.25. The fraction of sp³-hybridized carbons (Fsp3) is 0.250. The van der Waals surface area contributed by atoms with E-state index in [1.807, 2.05) is 28.8 Å². The standard InChI is InChI=1S/C16H17N3O2/c1-2-7-18-11-17-9-13(18)10-19-14-6-4-3-5-12(14)8-15(19)16(20)21/h3-6,8-9,11H,2,7,10H2,1H3,(H,20,21).